The molecule has 3 heteroatoms. The molecule has 0 aromatic heterocycles. The lowest BCUT2D eigenvalue weighted by Crippen LogP contribution is -2.49. The maximum Gasteiger partial charge on any atom is 0.0743 e. The van der Waals surface area contributed by atoms with E-state index in [9.17, 15) is 5.11 Å². The highest BCUT2D eigenvalue weighted by Gasteiger charge is 2.40. The third-order valence-corrected chi connectivity index (χ3v) is 4.57. The molecule has 3 nitrogen and oxygen atoms in total. The van der Waals surface area contributed by atoms with E-state index >= 15 is 0 Å². The highest BCUT2D eigenvalue weighted by Crippen LogP contribution is 2.39. The molecule has 0 aromatic rings. The fraction of sp³-hybridized carbons (Fsp3) is 1.00. The largest absolute Gasteiger partial charge is 0.389 e. The van der Waals surface area contributed by atoms with E-state index in [1.54, 1.807) is 0 Å². The maximum atomic E-state index is 10.2. The van der Waals surface area contributed by atoms with E-state index in [1.165, 1.54) is 25.7 Å². The van der Waals surface area contributed by atoms with Crippen LogP contribution in [0.2, 0.25) is 0 Å². The molecule has 0 radical (unpaired) electrons. The maximum absolute atomic E-state index is 10.2. The van der Waals surface area contributed by atoms with E-state index in [-0.39, 0.29) is 5.60 Å². The van der Waals surface area contributed by atoms with Gasteiger partial charge in [0.05, 0.1) is 11.2 Å². The Morgan fingerprint density at radius 2 is 2.11 bits per heavy atom. The number of hydrogen-bond acceptors (Lipinski definition) is 3. The fourth-order valence-electron chi connectivity index (χ4n) is 3.56. The van der Waals surface area contributed by atoms with Crippen molar-refractivity contribution in [2.45, 2.75) is 82.5 Å². The summed E-state index contributed by atoms with van der Waals surface area (Å²) in [6, 6.07) is 0.528. The summed E-state index contributed by atoms with van der Waals surface area (Å²) in [7, 11) is 0. The zero-order chi connectivity index (χ0) is 13.1. The molecule has 2 rings (SSSR count). The van der Waals surface area contributed by atoms with Gasteiger partial charge in [0.15, 0.2) is 0 Å². The summed E-state index contributed by atoms with van der Waals surface area (Å²) in [6.07, 6.45) is 9.23. The molecule has 1 heterocycles. The summed E-state index contributed by atoms with van der Waals surface area (Å²) < 4.78 is 6.03. The van der Waals surface area contributed by atoms with E-state index < -0.39 is 5.60 Å². The van der Waals surface area contributed by atoms with E-state index in [0.717, 1.165) is 32.3 Å². The summed E-state index contributed by atoms with van der Waals surface area (Å²) in [5.41, 5.74) is -0.386. The van der Waals surface area contributed by atoms with E-state index in [1.807, 2.05) is 6.92 Å². The first kappa shape index (κ1) is 14.3. The van der Waals surface area contributed by atoms with E-state index in [2.05, 4.69) is 12.2 Å². The van der Waals surface area contributed by atoms with Gasteiger partial charge in [-0.25, -0.2) is 0 Å². The molecule has 106 valence electrons. The molecule has 1 saturated carbocycles. The van der Waals surface area contributed by atoms with Crippen LogP contribution < -0.4 is 5.32 Å². The molecule has 2 atom stereocenters. The predicted octanol–water partition coefficient (Wildman–Crippen LogP) is 2.62. The second kappa shape index (κ2) is 5.89. The minimum absolute atomic E-state index is 0.173. The second-order valence-corrected chi connectivity index (χ2v) is 6.56. The fourth-order valence-corrected chi connectivity index (χ4v) is 3.56. The minimum atomic E-state index is -0.560. The molecular formula is C15H29NO2. The SMILES string of the molecule is CCCC(C)(O)CNC1CCOC2(CCCC2)C1. The minimum Gasteiger partial charge on any atom is -0.389 e. The van der Waals surface area contributed by atoms with Gasteiger partial charge in [-0.15, -0.1) is 0 Å². The molecule has 2 N–H and O–H groups in total. The lowest BCUT2D eigenvalue weighted by molar-refractivity contribution is -0.0859. The Kier molecular flexibility index (Phi) is 4.68. The van der Waals surface area contributed by atoms with Gasteiger partial charge < -0.3 is 15.2 Å². The molecule has 2 aliphatic rings. The number of hydrogen-bond donors (Lipinski definition) is 2. The van der Waals surface area contributed by atoms with Crippen LogP contribution in [0.1, 0.15) is 65.2 Å². The van der Waals surface area contributed by atoms with Crippen molar-refractivity contribution in [1.82, 2.24) is 5.32 Å². The quantitative estimate of drug-likeness (QED) is 0.793. The lowest BCUT2D eigenvalue weighted by Gasteiger charge is -2.39. The first-order chi connectivity index (χ1) is 8.55. The Balaban J connectivity index is 1.79. The highest BCUT2D eigenvalue weighted by atomic mass is 16.5. The number of ether oxygens (including phenoxy) is 1. The van der Waals surface area contributed by atoms with E-state index in [4.69, 9.17) is 4.74 Å². The first-order valence-electron chi connectivity index (χ1n) is 7.65. The van der Waals surface area contributed by atoms with Gasteiger partial charge in [-0.1, -0.05) is 26.2 Å². The molecule has 1 saturated heterocycles. The van der Waals surface area contributed by atoms with Crippen LogP contribution >= 0.6 is 0 Å². The molecule has 1 aliphatic heterocycles. The van der Waals surface area contributed by atoms with Crippen molar-refractivity contribution < 1.29 is 9.84 Å². The van der Waals surface area contributed by atoms with Crippen molar-refractivity contribution >= 4 is 0 Å². The summed E-state index contributed by atoms with van der Waals surface area (Å²) in [5, 5.41) is 13.8. The van der Waals surface area contributed by atoms with Crippen LogP contribution in [-0.4, -0.2) is 35.5 Å². The highest BCUT2D eigenvalue weighted by molar-refractivity contribution is 4.94. The number of aliphatic hydroxyl groups is 1. The Labute approximate surface area is 111 Å². The van der Waals surface area contributed by atoms with Crippen LogP contribution in [0.15, 0.2) is 0 Å². The third kappa shape index (κ3) is 3.69. The molecule has 2 unspecified atom stereocenters. The Morgan fingerprint density at radius 3 is 2.78 bits per heavy atom. The average molecular weight is 255 g/mol. The van der Waals surface area contributed by atoms with Gasteiger partial charge in [0.2, 0.25) is 0 Å². The smallest absolute Gasteiger partial charge is 0.0743 e. The Morgan fingerprint density at radius 1 is 1.39 bits per heavy atom. The monoisotopic (exact) mass is 255 g/mol. The van der Waals surface area contributed by atoms with Crippen LogP contribution in [-0.2, 0) is 4.74 Å². The average Bonchev–Trinajstić information content (AvgIpc) is 2.75. The standard InChI is InChI=1S/C15H29NO2/c1-3-7-14(2,17)12-16-13-6-10-18-15(11-13)8-4-5-9-15/h13,16-17H,3-12H2,1-2H3. The van der Waals surface area contributed by atoms with Crippen molar-refractivity contribution in [3.63, 3.8) is 0 Å². The van der Waals surface area contributed by atoms with Crippen LogP contribution in [0, 0.1) is 0 Å². The van der Waals surface area contributed by atoms with Crippen molar-refractivity contribution in [1.29, 1.82) is 0 Å². The molecule has 0 amide bonds. The summed E-state index contributed by atoms with van der Waals surface area (Å²) in [5.74, 6) is 0. The van der Waals surface area contributed by atoms with Crippen molar-refractivity contribution in [2.75, 3.05) is 13.2 Å². The van der Waals surface area contributed by atoms with Crippen molar-refractivity contribution in [2.24, 2.45) is 0 Å². The lowest BCUT2D eigenvalue weighted by atomic mass is 9.88. The molecule has 0 aromatic carbocycles. The van der Waals surface area contributed by atoms with Crippen LogP contribution in [0.4, 0.5) is 0 Å². The second-order valence-electron chi connectivity index (χ2n) is 6.56. The van der Waals surface area contributed by atoms with Gasteiger partial charge in [-0.05, 0) is 39.0 Å². The molecule has 2 fully saturated rings. The van der Waals surface area contributed by atoms with Crippen LogP contribution in [0.5, 0.6) is 0 Å². The zero-order valence-electron chi connectivity index (χ0n) is 12.0. The van der Waals surface area contributed by atoms with Crippen molar-refractivity contribution in [3.05, 3.63) is 0 Å². The van der Waals surface area contributed by atoms with Gasteiger partial charge >= 0.3 is 0 Å². The Bertz CT molecular complexity index is 259. The molecule has 1 spiro atoms. The van der Waals surface area contributed by atoms with Gasteiger partial charge in [0.1, 0.15) is 0 Å². The number of rotatable bonds is 5. The summed E-state index contributed by atoms with van der Waals surface area (Å²) in [4.78, 5) is 0. The summed E-state index contributed by atoms with van der Waals surface area (Å²) in [6.45, 7) is 5.65. The van der Waals surface area contributed by atoms with Crippen molar-refractivity contribution in [3.8, 4) is 0 Å². The van der Waals surface area contributed by atoms with Crippen LogP contribution in [0.25, 0.3) is 0 Å². The normalized spacial score (nSPS) is 30.5. The molecule has 18 heavy (non-hydrogen) atoms. The third-order valence-electron chi connectivity index (χ3n) is 4.57. The topological polar surface area (TPSA) is 41.5 Å². The van der Waals surface area contributed by atoms with Gasteiger partial charge in [-0.2, -0.15) is 0 Å². The summed E-state index contributed by atoms with van der Waals surface area (Å²) >= 11 is 0. The van der Waals surface area contributed by atoms with Gasteiger partial charge in [-0.3, -0.25) is 0 Å². The van der Waals surface area contributed by atoms with E-state index in [0.29, 0.717) is 12.6 Å². The first-order valence-corrected chi connectivity index (χ1v) is 7.65. The molecule has 1 aliphatic carbocycles. The Hall–Kier alpha value is -0.120. The molecular weight excluding hydrogens is 226 g/mol. The zero-order valence-corrected chi connectivity index (χ0v) is 12.0. The van der Waals surface area contributed by atoms with Gasteiger partial charge in [0, 0.05) is 19.2 Å². The van der Waals surface area contributed by atoms with Gasteiger partial charge in [0.25, 0.3) is 0 Å². The molecule has 0 bridgehead atoms. The predicted molar refractivity (Wildman–Crippen MR) is 73.7 cm³/mol. The van der Waals surface area contributed by atoms with Crippen LogP contribution in [0.3, 0.4) is 0 Å². The number of nitrogens with one attached hydrogen (secondary N) is 1.